The van der Waals surface area contributed by atoms with Crippen LogP contribution in [0.1, 0.15) is 39.0 Å². The second kappa shape index (κ2) is 5.97. The van der Waals surface area contributed by atoms with E-state index in [9.17, 15) is 8.42 Å². The Balaban J connectivity index is 1.96. The molecule has 1 aliphatic heterocycles. The summed E-state index contributed by atoms with van der Waals surface area (Å²) < 4.78 is 28.0. The number of fused-ring (bicyclic) bond motifs is 1. The molecule has 4 nitrogen and oxygen atoms in total. The molecule has 21 heavy (non-hydrogen) atoms. The van der Waals surface area contributed by atoms with Crippen molar-refractivity contribution in [2.45, 2.75) is 50.0 Å². The lowest BCUT2D eigenvalue weighted by molar-refractivity contribution is 0.202. The molecule has 5 heteroatoms. The van der Waals surface area contributed by atoms with Gasteiger partial charge in [-0.1, -0.05) is 18.6 Å². The number of hydrogen-bond acceptors (Lipinski definition) is 3. The van der Waals surface area contributed by atoms with E-state index < -0.39 is 10.0 Å². The van der Waals surface area contributed by atoms with E-state index in [0.29, 0.717) is 17.4 Å². The molecule has 1 saturated carbocycles. The van der Waals surface area contributed by atoms with Crippen molar-refractivity contribution < 1.29 is 8.42 Å². The van der Waals surface area contributed by atoms with Crippen LogP contribution in [0.5, 0.6) is 0 Å². The minimum atomic E-state index is -3.40. The zero-order valence-corrected chi connectivity index (χ0v) is 13.4. The number of sulfonamides is 1. The normalized spacial score (nSPS) is 26.5. The lowest BCUT2D eigenvalue weighted by Crippen LogP contribution is -2.46. The van der Waals surface area contributed by atoms with Gasteiger partial charge in [-0.25, -0.2) is 8.42 Å². The van der Waals surface area contributed by atoms with E-state index in [1.54, 1.807) is 10.4 Å². The molecule has 3 rings (SSSR count). The Hall–Kier alpha value is -1.07. The maximum absolute atomic E-state index is 13.1. The van der Waals surface area contributed by atoms with E-state index in [0.717, 1.165) is 31.5 Å². The van der Waals surface area contributed by atoms with E-state index in [4.69, 9.17) is 0 Å². The average Bonchev–Trinajstić information content (AvgIpc) is 2.96. The Bertz CT molecular complexity index is 600. The van der Waals surface area contributed by atoms with Gasteiger partial charge >= 0.3 is 0 Å². The lowest BCUT2D eigenvalue weighted by atomic mass is 9.94. The van der Waals surface area contributed by atoms with E-state index in [2.05, 4.69) is 5.32 Å². The molecule has 0 radical (unpaired) electrons. The third kappa shape index (κ3) is 2.69. The quantitative estimate of drug-likeness (QED) is 0.930. The van der Waals surface area contributed by atoms with Gasteiger partial charge in [0.25, 0.3) is 0 Å². The smallest absolute Gasteiger partial charge is 0.245 e. The number of piperidine rings is 1. The van der Waals surface area contributed by atoms with Gasteiger partial charge in [0.2, 0.25) is 10.0 Å². The number of rotatable bonds is 4. The summed E-state index contributed by atoms with van der Waals surface area (Å²) in [6.45, 7) is 3.37. The van der Waals surface area contributed by atoms with Gasteiger partial charge in [0.1, 0.15) is 4.90 Å². The fourth-order valence-electron chi connectivity index (χ4n) is 3.86. The fraction of sp³-hybridized carbons (Fsp3) is 0.625. The first-order valence-corrected chi connectivity index (χ1v) is 9.43. The van der Waals surface area contributed by atoms with Crippen LogP contribution in [-0.2, 0) is 10.0 Å². The fourth-order valence-corrected chi connectivity index (χ4v) is 5.79. The van der Waals surface area contributed by atoms with Crippen molar-refractivity contribution in [1.82, 2.24) is 4.31 Å². The molecule has 0 amide bonds. The third-order valence-electron chi connectivity index (χ3n) is 4.78. The van der Waals surface area contributed by atoms with Gasteiger partial charge in [0.05, 0.1) is 5.69 Å². The highest BCUT2D eigenvalue weighted by atomic mass is 32.2. The molecule has 0 bridgehead atoms. The van der Waals surface area contributed by atoms with Crippen LogP contribution >= 0.6 is 0 Å². The van der Waals surface area contributed by atoms with Gasteiger partial charge in [0.15, 0.2) is 0 Å². The van der Waals surface area contributed by atoms with Crippen molar-refractivity contribution in [3.63, 3.8) is 0 Å². The van der Waals surface area contributed by atoms with Crippen molar-refractivity contribution in [3.8, 4) is 0 Å². The molecule has 2 fully saturated rings. The summed E-state index contributed by atoms with van der Waals surface area (Å²) >= 11 is 0. The molecule has 1 aliphatic carbocycles. The molecule has 1 N–H and O–H groups in total. The number of hydrogen-bond donors (Lipinski definition) is 1. The molecule has 1 heterocycles. The van der Waals surface area contributed by atoms with Crippen molar-refractivity contribution in [1.29, 1.82) is 0 Å². The van der Waals surface area contributed by atoms with Crippen LogP contribution in [0.3, 0.4) is 0 Å². The summed E-state index contributed by atoms with van der Waals surface area (Å²) in [7, 11) is -3.40. The molecule has 2 unspecified atom stereocenters. The van der Waals surface area contributed by atoms with Gasteiger partial charge in [-0.2, -0.15) is 4.31 Å². The Morgan fingerprint density at radius 2 is 1.95 bits per heavy atom. The Morgan fingerprint density at radius 1 is 1.19 bits per heavy atom. The van der Waals surface area contributed by atoms with Crippen LogP contribution < -0.4 is 5.32 Å². The van der Waals surface area contributed by atoms with Gasteiger partial charge in [-0.05, 0) is 50.7 Å². The largest absolute Gasteiger partial charge is 0.384 e. The van der Waals surface area contributed by atoms with Crippen LogP contribution in [0, 0.1) is 5.92 Å². The first-order chi connectivity index (χ1) is 10.1. The summed E-state index contributed by atoms with van der Waals surface area (Å²) in [6, 6.07) is 7.49. The Morgan fingerprint density at radius 3 is 2.76 bits per heavy atom. The summed E-state index contributed by atoms with van der Waals surface area (Å²) in [5, 5.41) is 3.18. The number of anilines is 1. The molecule has 1 aromatic carbocycles. The monoisotopic (exact) mass is 308 g/mol. The molecule has 2 atom stereocenters. The van der Waals surface area contributed by atoms with Crippen molar-refractivity contribution in [2.75, 3.05) is 18.4 Å². The van der Waals surface area contributed by atoms with Crippen LogP contribution in [0.4, 0.5) is 5.69 Å². The maximum Gasteiger partial charge on any atom is 0.245 e. The first kappa shape index (κ1) is 14.9. The highest BCUT2D eigenvalue weighted by molar-refractivity contribution is 7.89. The highest BCUT2D eigenvalue weighted by Gasteiger charge is 2.41. The van der Waals surface area contributed by atoms with E-state index >= 15 is 0 Å². The first-order valence-electron chi connectivity index (χ1n) is 7.99. The summed E-state index contributed by atoms with van der Waals surface area (Å²) in [4.78, 5) is 0.430. The van der Waals surface area contributed by atoms with Crippen LogP contribution in [-0.4, -0.2) is 31.9 Å². The predicted octanol–water partition coefficient (Wildman–Crippen LogP) is 3.07. The number of nitrogens with zero attached hydrogens (tertiary/aromatic N) is 1. The summed E-state index contributed by atoms with van der Waals surface area (Å²) in [6.07, 6.45) is 5.55. The molecule has 116 valence electrons. The molecule has 1 saturated heterocycles. The van der Waals surface area contributed by atoms with Gasteiger partial charge in [0, 0.05) is 19.1 Å². The summed E-state index contributed by atoms with van der Waals surface area (Å²) in [5.41, 5.74) is 0.722. The maximum atomic E-state index is 13.1. The van der Waals surface area contributed by atoms with Crippen molar-refractivity contribution in [3.05, 3.63) is 24.3 Å². The number of para-hydroxylation sites is 1. The zero-order valence-electron chi connectivity index (χ0n) is 12.6. The van der Waals surface area contributed by atoms with Crippen molar-refractivity contribution in [2.24, 2.45) is 5.92 Å². The number of nitrogens with one attached hydrogen (secondary N) is 1. The standard InChI is InChI=1S/C16H24N2O2S/c1-2-17-14-9-3-4-11-16(14)21(19,20)18-12-6-8-13-7-5-10-15(13)18/h3-4,9,11,13,15,17H,2,5-8,10,12H2,1H3. The predicted molar refractivity (Wildman–Crippen MR) is 84.9 cm³/mol. The second-order valence-corrected chi connectivity index (χ2v) is 7.90. The minimum Gasteiger partial charge on any atom is -0.384 e. The van der Waals surface area contributed by atoms with E-state index in [-0.39, 0.29) is 6.04 Å². The molecular weight excluding hydrogens is 284 g/mol. The Kier molecular flexibility index (Phi) is 4.22. The molecule has 1 aromatic rings. The molecule has 0 aromatic heterocycles. The second-order valence-electron chi connectivity index (χ2n) is 6.04. The van der Waals surface area contributed by atoms with Gasteiger partial charge in [-0.15, -0.1) is 0 Å². The summed E-state index contributed by atoms with van der Waals surface area (Å²) in [5.74, 6) is 0.569. The Labute approximate surface area is 127 Å². The molecule has 0 spiro atoms. The molecular formula is C16H24N2O2S. The van der Waals surface area contributed by atoms with E-state index in [1.807, 2.05) is 25.1 Å². The van der Waals surface area contributed by atoms with Gasteiger partial charge < -0.3 is 5.32 Å². The highest BCUT2D eigenvalue weighted by Crippen LogP contribution is 2.40. The average molecular weight is 308 g/mol. The minimum absolute atomic E-state index is 0.221. The zero-order chi connectivity index (χ0) is 14.9. The molecule has 2 aliphatic rings. The topological polar surface area (TPSA) is 49.4 Å². The lowest BCUT2D eigenvalue weighted by Gasteiger charge is -2.37. The van der Waals surface area contributed by atoms with E-state index in [1.165, 1.54) is 12.8 Å². The van der Waals surface area contributed by atoms with Crippen LogP contribution in [0.25, 0.3) is 0 Å². The SMILES string of the molecule is CCNc1ccccc1S(=O)(=O)N1CCCC2CCCC21. The van der Waals surface area contributed by atoms with Crippen molar-refractivity contribution >= 4 is 15.7 Å². The number of benzene rings is 1. The van der Waals surface area contributed by atoms with Crippen LogP contribution in [0.15, 0.2) is 29.2 Å². The third-order valence-corrected chi connectivity index (χ3v) is 6.77. The van der Waals surface area contributed by atoms with Crippen LogP contribution in [0.2, 0.25) is 0 Å². The van der Waals surface area contributed by atoms with Gasteiger partial charge in [-0.3, -0.25) is 0 Å².